The minimum Gasteiger partial charge on any atom is -0.504 e. The van der Waals surface area contributed by atoms with Gasteiger partial charge in [-0.15, -0.1) is 10.2 Å². The first-order chi connectivity index (χ1) is 14.1. The summed E-state index contributed by atoms with van der Waals surface area (Å²) in [5.74, 6) is -0.300. The highest BCUT2D eigenvalue weighted by molar-refractivity contribution is 7.15. The van der Waals surface area contributed by atoms with Crippen molar-refractivity contribution in [1.82, 2.24) is 10.2 Å². The van der Waals surface area contributed by atoms with E-state index in [2.05, 4.69) is 10.2 Å². The second-order valence-electron chi connectivity index (χ2n) is 5.91. The number of amides is 1. The van der Waals surface area contributed by atoms with E-state index in [1.165, 1.54) is 35.5 Å². The number of benzene rings is 2. The molecule has 0 radical (unpaired) electrons. The van der Waals surface area contributed by atoms with Crippen molar-refractivity contribution in [1.29, 1.82) is 5.26 Å². The lowest BCUT2D eigenvalue weighted by molar-refractivity contribution is -0.114. The van der Waals surface area contributed by atoms with E-state index < -0.39 is 5.91 Å². The molecule has 1 aromatic heterocycles. The predicted octanol–water partition coefficient (Wildman–Crippen LogP) is 4.09. The van der Waals surface area contributed by atoms with Gasteiger partial charge in [-0.1, -0.05) is 42.5 Å². The van der Waals surface area contributed by atoms with Crippen LogP contribution in [0.25, 0.3) is 6.08 Å². The highest BCUT2D eigenvalue weighted by Gasteiger charge is 2.25. The Morgan fingerprint density at radius 1 is 1.28 bits per heavy atom. The molecular formula is C21H18N4O3S. The van der Waals surface area contributed by atoms with Crippen LogP contribution in [0.2, 0.25) is 0 Å². The zero-order valence-electron chi connectivity index (χ0n) is 15.9. The van der Waals surface area contributed by atoms with Gasteiger partial charge in [0.15, 0.2) is 11.5 Å². The number of nitriles is 1. The number of ether oxygens (including phenoxy) is 1. The van der Waals surface area contributed by atoms with Gasteiger partial charge in [0.2, 0.25) is 5.13 Å². The fourth-order valence-corrected chi connectivity index (χ4v) is 3.38. The molecule has 1 heterocycles. The van der Waals surface area contributed by atoms with E-state index in [4.69, 9.17) is 4.74 Å². The maximum Gasteiger partial charge on any atom is 0.275 e. The monoisotopic (exact) mass is 406 g/mol. The van der Waals surface area contributed by atoms with Gasteiger partial charge >= 0.3 is 0 Å². The van der Waals surface area contributed by atoms with E-state index in [9.17, 15) is 15.2 Å². The van der Waals surface area contributed by atoms with Gasteiger partial charge in [0.25, 0.3) is 5.91 Å². The molecule has 0 aliphatic carbocycles. The van der Waals surface area contributed by atoms with Crippen LogP contribution >= 0.6 is 11.3 Å². The first-order valence-electron chi connectivity index (χ1n) is 8.78. The van der Waals surface area contributed by atoms with Crippen molar-refractivity contribution in [2.75, 3.05) is 12.0 Å². The fraction of sp³-hybridized carbons (Fsp3) is 0.143. The molecular weight excluding hydrogens is 388 g/mol. The van der Waals surface area contributed by atoms with Crippen LogP contribution in [0.5, 0.6) is 11.5 Å². The molecule has 0 bridgehead atoms. The molecule has 29 heavy (non-hydrogen) atoms. The van der Waals surface area contributed by atoms with Gasteiger partial charge in [0.1, 0.15) is 16.6 Å². The highest BCUT2D eigenvalue weighted by atomic mass is 32.1. The van der Waals surface area contributed by atoms with E-state index in [0.717, 1.165) is 5.01 Å². The number of para-hydroxylation sites is 1. The molecule has 0 unspecified atom stereocenters. The molecule has 2 aromatic carbocycles. The third-order valence-electron chi connectivity index (χ3n) is 4.03. The molecule has 0 saturated heterocycles. The number of aryl methyl sites for hydroxylation is 1. The van der Waals surface area contributed by atoms with Crippen molar-refractivity contribution in [3.05, 3.63) is 64.7 Å². The van der Waals surface area contributed by atoms with Crippen molar-refractivity contribution >= 4 is 34.1 Å². The Hall–Kier alpha value is -3.70. The number of carbonyl (C=O) groups is 1. The van der Waals surface area contributed by atoms with Crippen LogP contribution in [0.15, 0.2) is 54.1 Å². The van der Waals surface area contributed by atoms with Gasteiger partial charge in [-0.05, 0) is 42.3 Å². The number of phenolic OH excluding ortho intramolecular Hbond substituents is 1. The maximum absolute atomic E-state index is 13.3. The molecule has 8 heteroatoms. The Bertz CT molecular complexity index is 1090. The summed E-state index contributed by atoms with van der Waals surface area (Å²) in [6, 6.07) is 15.5. The number of phenols is 1. The number of anilines is 2. The number of aromatic hydroxyl groups is 1. The standard InChI is InChI=1S/C21H18N4O3S/c1-3-19-23-24-21(29-19)25(16-7-5-4-6-8-16)20(27)15(13-22)11-14-9-10-17(26)18(12-14)28-2/h4-12,26H,3H2,1-2H3. The number of methoxy groups -OCH3 is 1. The van der Waals surface area contributed by atoms with Crippen LogP contribution in [0.3, 0.4) is 0 Å². The number of nitrogens with zero attached hydrogens (tertiary/aromatic N) is 4. The molecule has 0 fully saturated rings. The van der Waals surface area contributed by atoms with Crippen LogP contribution in [0.4, 0.5) is 10.8 Å². The lowest BCUT2D eigenvalue weighted by Crippen LogP contribution is -2.27. The van der Waals surface area contributed by atoms with Crippen LogP contribution in [-0.4, -0.2) is 28.3 Å². The summed E-state index contributed by atoms with van der Waals surface area (Å²) < 4.78 is 5.09. The van der Waals surface area contributed by atoms with Crippen LogP contribution < -0.4 is 9.64 Å². The van der Waals surface area contributed by atoms with Crippen molar-refractivity contribution in [3.63, 3.8) is 0 Å². The lowest BCUT2D eigenvalue weighted by atomic mass is 10.1. The first kappa shape index (κ1) is 20.0. The molecule has 3 rings (SSSR count). The molecule has 146 valence electrons. The molecule has 0 spiro atoms. The van der Waals surface area contributed by atoms with Gasteiger partial charge in [0, 0.05) is 0 Å². The summed E-state index contributed by atoms with van der Waals surface area (Å²) in [5.41, 5.74) is 1.04. The van der Waals surface area contributed by atoms with Crippen molar-refractivity contribution < 1.29 is 14.6 Å². The molecule has 7 nitrogen and oxygen atoms in total. The Labute approximate surface area is 172 Å². The van der Waals surface area contributed by atoms with Gasteiger partial charge in [-0.25, -0.2) is 4.90 Å². The van der Waals surface area contributed by atoms with Gasteiger partial charge in [-0.2, -0.15) is 5.26 Å². The summed E-state index contributed by atoms with van der Waals surface area (Å²) in [7, 11) is 1.43. The van der Waals surface area contributed by atoms with E-state index in [1.807, 2.05) is 19.1 Å². The zero-order valence-corrected chi connectivity index (χ0v) is 16.7. The lowest BCUT2D eigenvalue weighted by Gasteiger charge is -2.19. The van der Waals surface area contributed by atoms with Gasteiger partial charge < -0.3 is 9.84 Å². The summed E-state index contributed by atoms with van der Waals surface area (Å²) in [6.07, 6.45) is 2.14. The number of hydrogen-bond acceptors (Lipinski definition) is 7. The second kappa shape index (κ2) is 8.99. The summed E-state index contributed by atoms with van der Waals surface area (Å²) >= 11 is 1.30. The molecule has 0 aliphatic rings. The maximum atomic E-state index is 13.3. The van der Waals surface area contributed by atoms with Crippen molar-refractivity contribution in [2.45, 2.75) is 13.3 Å². The molecule has 1 N–H and O–H groups in total. The molecule has 0 atom stereocenters. The van der Waals surface area contributed by atoms with E-state index in [-0.39, 0.29) is 17.1 Å². The number of rotatable bonds is 6. The minimum atomic E-state index is -0.524. The minimum absolute atomic E-state index is 0.0265. The third kappa shape index (κ3) is 4.42. The predicted molar refractivity (Wildman–Crippen MR) is 111 cm³/mol. The Morgan fingerprint density at radius 2 is 2.03 bits per heavy atom. The summed E-state index contributed by atoms with van der Waals surface area (Å²) in [6.45, 7) is 1.96. The number of hydrogen-bond donors (Lipinski definition) is 1. The fourth-order valence-electron chi connectivity index (χ4n) is 2.58. The molecule has 3 aromatic rings. The third-order valence-corrected chi connectivity index (χ3v) is 5.09. The first-order valence-corrected chi connectivity index (χ1v) is 9.59. The van der Waals surface area contributed by atoms with E-state index in [0.29, 0.717) is 22.8 Å². The number of carbonyl (C=O) groups excluding carboxylic acids is 1. The number of aromatic nitrogens is 2. The average Bonchev–Trinajstić information content (AvgIpc) is 3.22. The normalized spacial score (nSPS) is 11.0. The second-order valence-corrected chi connectivity index (χ2v) is 6.95. The van der Waals surface area contributed by atoms with Crippen LogP contribution in [-0.2, 0) is 11.2 Å². The summed E-state index contributed by atoms with van der Waals surface area (Å²) in [5, 5.41) is 28.8. The quantitative estimate of drug-likeness (QED) is 0.489. The van der Waals surface area contributed by atoms with E-state index in [1.54, 1.807) is 36.4 Å². The molecule has 1 amide bonds. The van der Waals surface area contributed by atoms with Gasteiger partial charge in [0.05, 0.1) is 12.8 Å². The molecule has 0 saturated carbocycles. The summed E-state index contributed by atoms with van der Waals surface area (Å²) in [4.78, 5) is 14.7. The topological polar surface area (TPSA) is 99.3 Å². The van der Waals surface area contributed by atoms with Crippen LogP contribution in [0.1, 0.15) is 17.5 Å². The van der Waals surface area contributed by atoms with Crippen LogP contribution in [0, 0.1) is 11.3 Å². The molecule has 0 aliphatic heterocycles. The van der Waals surface area contributed by atoms with E-state index >= 15 is 0 Å². The van der Waals surface area contributed by atoms with Crippen molar-refractivity contribution in [3.8, 4) is 17.6 Å². The Kier molecular flexibility index (Phi) is 6.22. The highest BCUT2D eigenvalue weighted by Crippen LogP contribution is 2.31. The SMILES string of the molecule is CCc1nnc(N(C(=O)C(C#N)=Cc2ccc(O)c(OC)c2)c2ccccc2)s1. The smallest absolute Gasteiger partial charge is 0.275 e. The van der Waals surface area contributed by atoms with Crippen molar-refractivity contribution in [2.24, 2.45) is 0 Å². The Morgan fingerprint density at radius 3 is 2.66 bits per heavy atom. The largest absolute Gasteiger partial charge is 0.504 e. The Balaban J connectivity index is 2.05. The van der Waals surface area contributed by atoms with Gasteiger partial charge in [-0.3, -0.25) is 4.79 Å². The average molecular weight is 406 g/mol. The zero-order chi connectivity index (χ0) is 20.8.